The molecule has 1 aromatic carbocycles. The molecule has 1 fully saturated rings. The van der Waals surface area contributed by atoms with E-state index >= 15 is 0 Å². The van der Waals surface area contributed by atoms with Crippen molar-refractivity contribution in [2.75, 3.05) is 5.32 Å². The van der Waals surface area contributed by atoms with Crippen molar-refractivity contribution in [3.05, 3.63) is 35.7 Å². The monoisotopic (exact) mass is 287 g/mol. The van der Waals surface area contributed by atoms with Gasteiger partial charge in [0.1, 0.15) is 0 Å². The average molecular weight is 287 g/mol. The number of benzene rings is 1. The quantitative estimate of drug-likeness (QED) is 0.774. The summed E-state index contributed by atoms with van der Waals surface area (Å²) >= 11 is 0. The molecular weight excluding hydrogens is 270 g/mol. The molecule has 0 radical (unpaired) electrons. The van der Waals surface area contributed by atoms with Gasteiger partial charge in [-0.3, -0.25) is 4.79 Å². The highest BCUT2D eigenvalue weighted by atomic mass is 16.3. The predicted octanol–water partition coefficient (Wildman–Crippen LogP) is 0.890. The molecule has 1 saturated carbocycles. The van der Waals surface area contributed by atoms with Gasteiger partial charge in [0.15, 0.2) is 5.82 Å². The molecule has 2 aromatic rings. The van der Waals surface area contributed by atoms with Crippen molar-refractivity contribution in [1.82, 2.24) is 20.6 Å². The van der Waals surface area contributed by atoms with E-state index in [9.17, 15) is 9.90 Å². The lowest BCUT2D eigenvalue weighted by Gasteiger charge is -2.14. The lowest BCUT2D eigenvalue weighted by Crippen LogP contribution is -2.28. The Hall–Kier alpha value is -2.28. The zero-order valence-corrected chi connectivity index (χ0v) is 11.5. The molecule has 0 bridgehead atoms. The van der Waals surface area contributed by atoms with Crippen molar-refractivity contribution >= 4 is 11.6 Å². The summed E-state index contributed by atoms with van der Waals surface area (Å²) < 4.78 is 0. The molecule has 1 amide bonds. The van der Waals surface area contributed by atoms with E-state index in [1.807, 2.05) is 24.3 Å². The fraction of sp³-hybridized carbons (Fsp3) is 0.429. The van der Waals surface area contributed by atoms with Gasteiger partial charge >= 0.3 is 0 Å². The predicted molar refractivity (Wildman–Crippen MR) is 75.4 cm³/mol. The van der Waals surface area contributed by atoms with E-state index in [1.165, 1.54) is 0 Å². The number of aromatic amines is 1. The Bertz CT molecular complexity index is 596. The summed E-state index contributed by atoms with van der Waals surface area (Å²) in [5, 5.41) is 26.3. The second-order valence-corrected chi connectivity index (χ2v) is 5.30. The summed E-state index contributed by atoms with van der Waals surface area (Å²) in [5.74, 6) is 0.232. The molecule has 1 heterocycles. The first kappa shape index (κ1) is 13.7. The van der Waals surface area contributed by atoms with E-state index in [0.717, 1.165) is 24.1 Å². The maximum Gasteiger partial charge on any atom is 0.230 e. The average Bonchev–Trinajstić information content (AvgIpc) is 3.12. The second kappa shape index (κ2) is 6.01. The van der Waals surface area contributed by atoms with E-state index in [4.69, 9.17) is 0 Å². The number of hydrogen-bond acceptors (Lipinski definition) is 5. The van der Waals surface area contributed by atoms with Gasteiger partial charge < -0.3 is 10.4 Å². The molecule has 1 aliphatic carbocycles. The number of carbonyl (C=O) groups is 1. The van der Waals surface area contributed by atoms with Crippen LogP contribution in [0, 0.1) is 5.92 Å². The van der Waals surface area contributed by atoms with Gasteiger partial charge in [0.05, 0.1) is 12.0 Å². The van der Waals surface area contributed by atoms with Crippen LogP contribution in [0.3, 0.4) is 0 Å². The van der Waals surface area contributed by atoms with Gasteiger partial charge in [-0.15, -0.1) is 10.2 Å². The maximum absolute atomic E-state index is 12.1. The molecule has 3 N–H and O–H groups in total. The van der Waals surface area contributed by atoms with Crippen LogP contribution in [-0.4, -0.2) is 37.7 Å². The van der Waals surface area contributed by atoms with Crippen LogP contribution in [0.4, 0.5) is 5.69 Å². The first-order valence-electron chi connectivity index (χ1n) is 7.02. The first-order valence-corrected chi connectivity index (χ1v) is 7.02. The Morgan fingerprint density at radius 2 is 2.14 bits per heavy atom. The molecule has 7 heteroatoms. The Morgan fingerprint density at radius 3 is 2.76 bits per heavy atom. The van der Waals surface area contributed by atoms with Crippen molar-refractivity contribution in [3.8, 4) is 0 Å². The van der Waals surface area contributed by atoms with Crippen LogP contribution in [0.1, 0.15) is 30.7 Å². The van der Waals surface area contributed by atoms with Gasteiger partial charge in [-0.2, -0.15) is 5.21 Å². The summed E-state index contributed by atoms with van der Waals surface area (Å²) in [6.07, 6.45) is 2.45. The molecule has 1 aromatic heterocycles. The number of nitrogens with zero attached hydrogens (tertiary/aromatic N) is 3. The van der Waals surface area contributed by atoms with Crippen LogP contribution >= 0.6 is 0 Å². The number of aromatic nitrogens is 4. The SMILES string of the molecule is O=C(Nc1ccc(Cc2nn[nH]n2)cc1)C1CCCC1O. The topological polar surface area (TPSA) is 104 Å². The molecular formula is C14H17N5O2. The van der Waals surface area contributed by atoms with Crippen LogP contribution in [-0.2, 0) is 11.2 Å². The number of nitrogens with one attached hydrogen (secondary N) is 2. The molecule has 7 nitrogen and oxygen atoms in total. The number of H-pyrrole nitrogens is 1. The molecule has 21 heavy (non-hydrogen) atoms. The smallest absolute Gasteiger partial charge is 0.230 e. The van der Waals surface area contributed by atoms with Gasteiger partial charge in [0, 0.05) is 12.1 Å². The number of aliphatic hydroxyl groups is 1. The van der Waals surface area contributed by atoms with Crippen molar-refractivity contribution in [2.45, 2.75) is 31.8 Å². The van der Waals surface area contributed by atoms with Crippen molar-refractivity contribution in [2.24, 2.45) is 5.92 Å². The molecule has 0 aliphatic heterocycles. The Kier molecular flexibility index (Phi) is 3.92. The fourth-order valence-corrected chi connectivity index (χ4v) is 2.63. The lowest BCUT2D eigenvalue weighted by molar-refractivity contribution is -0.122. The van der Waals surface area contributed by atoms with Crippen LogP contribution in [0.25, 0.3) is 0 Å². The molecule has 3 rings (SSSR count). The summed E-state index contributed by atoms with van der Waals surface area (Å²) in [5.41, 5.74) is 1.77. The molecule has 2 unspecified atom stereocenters. The van der Waals surface area contributed by atoms with Crippen LogP contribution in [0.2, 0.25) is 0 Å². The number of carbonyl (C=O) groups excluding carboxylic acids is 1. The second-order valence-electron chi connectivity index (χ2n) is 5.30. The van der Waals surface area contributed by atoms with Gasteiger partial charge in [-0.25, -0.2) is 0 Å². The van der Waals surface area contributed by atoms with E-state index < -0.39 is 6.10 Å². The minimum Gasteiger partial charge on any atom is -0.392 e. The molecule has 0 saturated heterocycles. The minimum atomic E-state index is -0.512. The van der Waals surface area contributed by atoms with Gasteiger partial charge in [-0.05, 0) is 37.0 Å². The fourth-order valence-electron chi connectivity index (χ4n) is 2.63. The zero-order valence-electron chi connectivity index (χ0n) is 11.5. The number of hydrogen-bond donors (Lipinski definition) is 3. The number of tetrazole rings is 1. The highest BCUT2D eigenvalue weighted by Gasteiger charge is 2.31. The summed E-state index contributed by atoms with van der Waals surface area (Å²) in [4.78, 5) is 12.1. The Labute approximate surface area is 121 Å². The van der Waals surface area contributed by atoms with Crippen LogP contribution in [0.15, 0.2) is 24.3 Å². The number of anilines is 1. The minimum absolute atomic E-state index is 0.106. The van der Waals surface area contributed by atoms with E-state index in [-0.39, 0.29) is 11.8 Å². The van der Waals surface area contributed by atoms with Crippen molar-refractivity contribution in [3.63, 3.8) is 0 Å². The maximum atomic E-state index is 12.1. The third kappa shape index (κ3) is 3.25. The molecule has 110 valence electrons. The van der Waals surface area contributed by atoms with Gasteiger partial charge in [0.2, 0.25) is 5.91 Å². The molecule has 2 atom stereocenters. The largest absolute Gasteiger partial charge is 0.392 e. The molecule has 0 spiro atoms. The van der Waals surface area contributed by atoms with E-state index in [0.29, 0.717) is 18.7 Å². The Balaban J connectivity index is 1.60. The summed E-state index contributed by atoms with van der Waals surface area (Å²) in [6, 6.07) is 7.51. The van der Waals surface area contributed by atoms with Crippen LogP contribution < -0.4 is 5.32 Å². The number of amides is 1. The summed E-state index contributed by atoms with van der Waals surface area (Å²) in [7, 11) is 0. The molecule has 1 aliphatic rings. The van der Waals surface area contributed by atoms with Crippen LogP contribution in [0.5, 0.6) is 0 Å². The standard InChI is InChI=1S/C14H17N5O2/c20-12-3-1-2-11(12)14(21)15-10-6-4-9(5-7-10)8-13-16-18-19-17-13/h4-7,11-12,20H,1-3,8H2,(H,15,21)(H,16,17,18,19). The normalized spacial score (nSPS) is 21.4. The van der Waals surface area contributed by atoms with Crippen molar-refractivity contribution < 1.29 is 9.90 Å². The third-order valence-corrected chi connectivity index (χ3v) is 3.79. The number of rotatable bonds is 4. The first-order chi connectivity index (χ1) is 10.2. The zero-order chi connectivity index (χ0) is 14.7. The van der Waals surface area contributed by atoms with E-state index in [1.54, 1.807) is 0 Å². The highest BCUT2D eigenvalue weighted by molar-refractivity contribution is 5.93. The van der Waals surface area contributed by atoms with Gasteiger partial charge in [0.25, 0.3) is 0 Å². The highest BCUT2D eigenvalue weighted by Crippen LogP contribution is 2.26. The van der Waals surface area contributed by atoms with Gasteiger partial charge in [-0.1, -0.05) is 17.3 Å². The summed E-state index contributed by atoms with van der Waals surface area (Å²) in [6.45, 7) is 0. The van der Waals surface area contributed by atoms with E-state index in [2.05, 4.69) is 25.9 Å². The third-order valence-electron chi connectivity index (χ3n) is 3.79. The van der Waals surface area contributed by atoms with Crippen molar-refractivity contribution in [1.29, 1.82) is 0 Å². The number of aliphatic hydroxyl groups excluding tert-OH is 1. The Morgan fingerprint density at radius 1 is 1.33 bits per heavy atom. The lowest BCUT2D eigenvalue weighted by atomic mass is 10.0.